The van der Waals surface area contributed by atoms with E-state index < -0.39 is 0 Å². The largest absolute Gasteiger partial charge is 0.375 e. The second-order valence-corrected chi connectivity index (χ2v) is 5.67. The van der Waals surface area contributed by atoms with Crippen molar-refractivity contribution in [2.45, 2.75) is 25.5 Å². The molecule has 1 aliphatic heterocycles. The summed E-state index contributed by atoms with van der Waals surface area (Å²) in [6, 6.07) is 15.2. The molecule has 1 saturated heterocycles. The Bertz CT molecular complexity index is 544. The van der Waals surface area contributed by atoms with Crippen molar-refractivity contribution in [3.8, 4) is 0 Å². The standard InChI is InChI=1S/C18H22N2O/c1-15-13-20(12-9-16-7-10-19-11-8-16)18(14-21-15)17-5-3-2-4-6-17/h2-8,10-11,15,18H,9,12-14H2,1H3. The average Bonchev–Trinajstić information content (AvgIpc) is 2.55. The fourth-order valence-corrected chi connectivity index (χ4v) is 2.92. The fraction of sp³-hybridized carbons (Fsp3) is 0.389. The number of morpholine rings is 1. The van der Waals surface area contributed by atoms with Crippen LogP contribution in [-0.2, 0) is 11.2 Å². The molecule has 110 valence electrons. The fourth-order valence-electron chi connectivity index (χ4n) is 2.92. The van der Waals surface area contributed by atoms with Gasteiger partial charge in [-0.25, -0.2) is 0 Å². The number of rotatable bonds is 4. The molecule has 1 aromatic heterocycles. The van der Waals surface area contributed by atoms with Crippen LogP contribution in [0.2, 0.25) is 0 Å². The first kappa shape index (κ1) is 14.2. The molecule has 0 spiro atoms. The minimum absolute atomic E-state index is 0.308. The Hall–Kier alpha value is -1.71. The second-order valence-electron chi connectivity index (χ2n) is 5.67. The van der Waals surface area contributed by atoms with E-state index in [1.165, 1.54) is 11.1 Å². The molecule has 2 aromatic rings. The van der Waals surface area contributed by atoms with Gasteiger partial charge in [-0.3, -0.25) is 9.88 Å². The molecule has 0 radical (unpaired) electrons. The Labute approximate surface area is 126 Å². The van der Waals surface area contributed by atoms with Gasteiger partial charge in [-0.2, -0.15) is 0 Å². The number of aromatic nitrogens is 1. The van der Waals surface area contributed by atoms with Crippen molar-refractivity contribution in [1.82, 2.24) is 9.88 Å². The summed E-state index contributed by atoms with van der Waals surface area (Å²) < 4.78 is 5.88. The topological polar surface area (TPSA) is 25.4 Å². The summed E-state index contributed by atoms with van der Waals surface area (Å²) >= 11 is 0. The number of hydrogen-bond donors (Lipinski definition) is 0. The molecule has 3 nitrogen and oxygen atoms in total. The van der Waals surface area contributed by atoms with Crippen molar-refractivity contribution in [3.05, 3.63) is 66.0 Å². The van der Waals surface area contributed by atoms with E-state index in [0.717, 1.165) is 26.1 Å². The summed E-state index contributed by atoms with van der Waals surface area (Å²) in [7, 11) is 0. The van der Waals surface area contributed by atoms with Gasteiger partial charge in [-0.15, -0.1) is 0 Å². The first-order valence-corrected chi connectivity index (χ1v) is 7.62. The Kier molecular flexibility index (Phi) is 4.63. The highest BCUT2D eigenvalue weighted by Gasteiger charge is 2.27. The van der Waals surface area contributed by atoms with Crippen molar-refractivity contribution < 1.29 is 4.74 Å². The Morgan fingerprint density at radius 3 is 2.67 bits per heavy atom. The van der Waals surface area contributed by atoms with Crippen LogP contribution in [0.25, 0.3) is 0 Å². The van der Waals surface area contributed by atoms with Crippen LogP contribution in [0.5, 0.6) is 0 Å². The molecule has 0 bridgehead atoms. The van der Waals surface area contributed by atoms with Gasteiger partial charge in [0.05, 0.1) is 18.8 Å². The highest BCUT2D eigenvalue weighted by molar-refractivity contribution is 5.20. The van der Waals surface area contributed by atoms with E-state index in [1.807, 2.05) is 12.4 Å². The number of benzene rings is 1. The molecule has 1 aromatic carbocycles. The van der Waals surface area contributed by atoms with Gasteiger partial charge in [0.1, 0.15) is 0 Å². The summed E-state index contributed by atoms with van der Waals surface area (Å²) in [6.07, 6.45) is 5.10. The van der Waals surface area contributed by atoms with Crippen LogP contribution in [0.1, 0.15) is 24.1 Å². The first-order valence-electron chi connectivity index (χ1n) is 7.62. The predicted molar refractivity (Wildman–Crippen MR) is 84.1 cm³/mol. The normalized spacial score (nSPS) is 23.1. The molecule has 2 atom stereocenters. The maximum Gasteiger partial charge on any atom is 0.0675 e. The van der Waals surface area contributed by atoms with Crippen LogP contribution < -0.4 is 0 Å². The molecular weight excluding hydrogens is 260 g/mol. The second kappa shape index (κ2) is 6.83. The summed E-state index contributed by atoms with van der Waals surface area (Å²) in [6.45, 7) is 4.98. The average molecular weight is 282 g/mol. The van der Waals surface area contributed by atoms with E-state index in [-0.39, 0.29) is 0 Å². The number of nitrogens with zero attached hydrogens (tertiary/aromatic N) is 2. The monoisotopic (exact) mass is 282 g/mol. The smallest absolute Gasteiger partial charge is 0.0675 e. The van der Waals surface area contributed by atoms with E-state index >= 15 is 0 Å². The number of hydrogen-bond acceptors (Lipinski definition) is 3. The Morgan fingerprint density at radius 2 is 1.90 bits per heavy atom. The minimum Gasteiger partial charge on any atom is -0.375 e. The first-order chi connectivity index (χ1) is 10.3. The maximum absolute atomic E-state index is 5.88. The van der Waals surface area contributed by atoms with Crippen molar-refractivity contribution in [3.63, 3.8) is 0 Å². The van der Waals surface area contributed by atoms with Crippen molar-refractivity contribution in [2.24, 2.45) is 0 Å². The quantitative estimate of drug-likeness (QED) is 0.861. The summed E-state index contributed by atoms with van der Waals surface area (Å²) in [5.74, 6) is 0. The summed E-state index contributed by atoms with van der Waals surface area (Å²) in [5.41, 5.74) is 2.69. The third-order valence-electron chi connectivity index (χ3n) is 4.09. The van der Waals surface area contributed by atoms with Crippen molar-refractivity contribution >= 4 is 0 Å². The zero-order valence-corrected chi connectivity index (χ0v) is 12.5. The third-order valence-corrected chi connectivity index (χ3v) is 4.09. The molecule has 3 heteroatoms. The molecule has 1 aliphatic rings. The van der Waals surface area contributed by atoms with Gasteiger partial charge < -0.3 is 4.74 Å². The lowest BCUT2D eigenvalue weighted by Crippen LogP contribution is -2.44. The Balaban J connectivity index is 1.70. The molecule has 2 heterocycles. The van der Waals surface area contributed by atoms with E-state index in [0.29, 0.717) is 12.1 Å². The van der Waals surface area contributed by atoms with Gasteiger partial charge in [-0.1, -0.05) is 30.3 Å². The molecule has 21 heavy (non-hydrogen) atoms. The van der Waals surface area contributed by atoms with Gasteiger partial charge >= 0.3 is 0 Å². The predicted octanol–water partition coefficient (Wildman–Crippen LogP) is 3.09. The molecule has 0 saturated carbocycles. The molecular formula is C18H22N2O. The van der Waals surface area contributed by atoms with E-state index in [4.69, 9.17) is 4.74 Å². The lowest BCUT2D eigenvalue weighted by atomic mass is 10.0. The maximum atomic E-state index is 5.88. The molecule has 3 rings (SSSR count). The molecule has 0 amide bonds. The van der Waals surface area contributed by atoms with Gasteiger partial charge in [-0.05, 0) is 36.6 Å². The van der Waals surface area contributed by atoms with Gasteiger partial charge in [0.25, 0.3) is 0 Å². The van der Waals surface area contributed by atoms with Crippen molar-refractivity contribution in [1.29, 1.82) is 0 Å². The highest BCUT2D eigenvalue weighted by atomic mass is 16.5. The SMILES string of the molecule is CC1CN(CCc2ccncc2)C(c2ccccc2)CO1. The third kappa shape index (κ3) is 3.69. The lowest BCUT2D eigenvalue weighted by molar-refractivity contribution is -0.0557. The van der Waals surface area contributed by atoms with Crippen LogP contribution >= 0.6 is 0 Å². The van der Waals surface area contributed by atoms with Gasteiger partial charge in [0.2, 0.25) is 0 Å². The van der Waals surface area contributed by atoms with E-state index in [1.54, 1.807) is 0 Å². The molecule has 0 N–H and O–H groups in total. The zero-order valence-electron chi connectivity index (χ0n) is 12.5. The number of pyridine rings is 1. The van der Waals surface area contributed by atoms with Crippen LogP contribution in [0, 0.1) is 0 Å². The van der Waals surface area contributed by atoms with Gasteiger partial charge in [0.15, 0.2) is 0 Å². The Morgan fingerprint density at radius 1 is 1.14 bits per heavy atom. The van der Waals surface area contributed by atoms with E-state index in [9.17, 15) is 0 Å². The molecule has 2 unspecified atom stereocenters. The minimum atomic E-state index is 0.308. The van der Waals surface area contributed by atoms with Crippen LogP contribution in [0.3, 0.4) is 0 Å². The van der Waals surface area contributed by atoms with Gasteiger partial charge in [0, 0.05) is 25.5 Å². The molecule has 1 fully saturated rings. The molecule has 0 aliphatic carbocycles. The van der Waals surface area contributed by atoms with Crippen LogP contribution in [0.4, 0.5) is 0 Å². The lowest BCUT2D eigenvalue weighted by Gasteiger charge is -2.39. The van der Waals surface area contributed by atoms with E-state index in [2.05, 4.69) is 59.3 Å². The van der Waals surface area contributed by atoms with Crippen LogP contribution in [0.15, 0.2) is 54.9 Å². The highest BCUT2D eigenvalue weighted by Crippen LogP contribution is 2.26. The zero-order chi connectivity index (χ0) is 14.5. The summed E-state index contributed by atoms with van der Waals surface area (Å²) in [5, 5.41) is 0. The number of ether oxygens (including phenoxy) is 1. The van der Waals surface area contributed by atoms with Crippen LogP contribution in [-0.4, -0.2) is 35.7 Å². The van der Waals surface area contributed by atoms with Crippen molar-refractivity contribution in [2.75, 3.05) is 19.7 Å². The summed E-state index contributed by atoms with van der Waals surface area (Å²) in [4.78, 5) is 6.63.